The third-order valence-electron chi connectivity index (χ3n) is 3.68. The maximum absolute atomic E-state index is 8.81. The minimum absolute atomic E-state index is 0.733. The number of hydrogen-bond acceptors (Lipinski definition) is 3. The number of nitrogens with one attached hydrogen (secondary N) is 1. The molecule has 0 radical (unpaired) electrons. The summed E-state index contributed by atoms with van der Waals surface area (Å²) in [5.41, 5.74) is 1.96. The fourth-order valence-electron chi connectivity index (χ4n) is 2.54. The summed E-state index contributed by atoms with van der Waals surface area (Å²) in [6, 6.07) is 10.1. The minimum Gasteiger partial charge on any atom is -0.372 e. The van der Waals surface area contributed by atoms with Crippen molar-refractivity contribution >= 4 is 5.69 Å². The zero-order valence-electron chi connectivity index (χ0n) is 11.0. The van der Waals surface area contributed by atoms with E-state index in [1.54, 1.807) is 0 Å². The zero-order valence-corrected chi connectivity index (χ0v) is 11.0. The fourth-order valence-corrected chi connectivity index (χ4v) is 2.54. The Morgan fingerprint density at radius 3 is 2.50 bits per heavy atom. The van der Waals surface area contributed by atoms with Gasteiger partial charge in [-0.25, -0.2) is 0 Å². The van der Waals surface area contributed by atoms with E-state index in [0.29, 0.717) is 0 Å². The van der Waals surface area contributed by atoms with Gasteiger partial charge in [0.1, 0.15) is 0 Å². The first kappa shape index (κ1) is 12.9. The predicted octanol–water partition coefficient (Wildman–Crippen LogP) is 2.38. The summed E-state index contributed by atoms with van der Waals surface area (Å²) in [7, 11) is 0. The van der Waals surface area contributed by atoms with Crippen LogP contribution in [-0.4, -0.2) is 26.2 Å². The molecule has 18 heavy (non-hydrogen) atoms. The zero-order chi connectivity index (χ0) is 12.8. The van der Waals surface area contributed by atoms with Crippen molar-refractivity contribution in [3.8, 4) is 6.07 Å². The maximum atomic E-state index is 8.81. The van der Waals surface area contributed by atoms with Crippen LogP contribution >= 0.6 is 0 Å². The van der Waals surface area contributed by atoms with Gasteiger partial charge in [-0.1, -0.05) is 0 Å². The van der Waals surface area contributed by atoms with Crippen LogP contribution in [0, 0.1) is 17.2 Å². The molecule has 1 saturated heterocycles. The predicted molar refractivity (Wildman–Crippen MR) is 74.6 cm³/mol. The van der Waals surface area contributed by atoms with E-state index < -0.39 is 0 Å². The molecule has 1 N–H and O–H groups in total. The monoisotopic (exact) mass is 243 g/mol. The van der Waals surface area contributed by atoms with Gasteiger partial charge < -0.3 is 10.2 Å². The van der Waals surface area contributed by atoms with Gasteiger partial charge in [0.15, 0.2) is 0 Å². The average molecular weight is 243 g/mol. The Kier molecular flexibility index (Phi) is 4.60. The van der Waals surface area contributed by atoms with Crippen molar-refractivity contribution < 1.29 is 0 Å². The highest BCUT2D eigenvalue weighted by Gasteiger charge is 2.16. The van der Waals surface area contributed by atoms with E-state index in [4.69, 9.17) is 5.26 Å². The third-order valence-corrected chi connectivity index (χ3v) is 3.68. The summed E-state index contributed by atoms with van der Waals surface area (Å²) in [5, 5.41) is 12.2. The van der Waals surface area contributed by atoms with Gasteiger partial charge in [-0.05, 0) is 63.0 Å². The van der Waals surface area contributed by atoms with E-state index in [0.717, 1.165) is 37.7 Å². The Hall–Kier alpha value is -1.53. The molecule has 0 amide bonds. The van der Waals surface area contributed by atoms with Crippen LogP contribution in [0.15, 0.2) is 24.3 Å². The lowest BCUT2D eigenvalue weighted by molar-refractivity contribution is 0.374. The second-order valence-electron chi connectivity index (χ2n) is 4.89. The molecule has 1 aliphatic rings. The quantitative estimate of drug-likeness (QED) is 0.882. The van der Waals surface area contributed by atoms with Crippen molar-refractivity contribution in [3.05, 3.63) is 29.8 Å². The molecule has 1 aromatic rings. The molecule has 3 nitrogen and oxygen atoms in total. The average Bonchev–Trinajstić information content (AvgIpc) is 2.46. The van der Waals surface area contributed by atoms with Gasteiger partial charge >= 0.3 is 0 Å². The van der Waals surface area contributed by atoms with E-state index in [1.807, 2.05) is 12.1 Å². The SMILES string of the molecule is CCN(CC1CCNCC1)c1ccc(C#N)cc1. The molecular formula is C15H21N3. The van der Waals surface area contributed by atoms with Gasteiger partial charge in [0.05, 0.1) is 11.6 Å². The lowest BCUT2D eigenvalue weighted by Gasteiger charge is -2.30. The number of anilines is 1. The highest BCUT2D eigenvalue weighted by molar-refractivity contribution is 5.49. The highest BCUT2D eigenvalue weighted by atomic mass is 15.1. The summed E-state index contributed by atoms with van der Waals surface area (Å²) in [4.78, 5) is 2.41. The molecule has 1 aliphatic heterocycles. The first-order valence-electron chi connectivity index (χ1n) is 6.79. The smallest absolute Gasteiger partial charge is 0.0991 e. The molecule has 1 aromatic carbocycles. The Balaban J connectivity index is 2.00. The van der Waals surface area contributed by atoms with E-state index in [-0.39, 0.29) is 0 Å². The third kappa shape index (κ3) is 3.24. The number of nitriles is 1. The van der Waals surface area contributed by atoms with E-state index in [1.165, 1.54) is 18.5 Å². The molecular weight excluding hydrogens is 222 g/mol. The van der Waals surface area contributed by atoms with Gasteiger partial charge in [0.2, 0.25) is 0 Å². The normalized spacial score (nSPS) is 16.2. The largest absolute Gasteiger partial charge is 0.372 e. The standard InChI is InChI=1S/C15H21N3/c1-2-18(12-14-7-9-17-10-8-14)15-5-3-13(11-16)4-6-15/h3-6,14,17H,2,7-10,12H2,1H3. The second kappa shape index (κ2) is 6.42. The highest BCUT2D eigenvalue weighted by Crippen LogP contribution is 2.20. The second-order valence-corrected chi connectivity index (χ2v) is 4.89. The summed E-state index contributed by atoms with van der Waals surface area (Å²) in [5.74, 6) is 0.793. The van der Waals surface area contributed by atoms with Crippen LogP contribution in [0.25, 0.3) is 0 Å². The maximum Gasteiger partial charge on any atom is 0.0991 e. The van der Waals surface area contributed by atoms with Gasteiger partial charge in [-0.15, -0.1) is 0 Å². The molecule has 0 atom stereocenters. The number of nitrogens with zero attached hydrogens (tertiary/aromatic N) is 2. The van der Waals surface area contributed by atoms with Gasteiger partial charge in [0.25, 0.3) is 0 Å². The summed E-state index contributed by atoms with van der Waals surface area (Å²) in [6.45, 7) is 6.64. The summed E-state index contributed by atoms with van der Waals surface area (Å²) >= 11 is 0. The van der Waals surface area contributed by atoms with E-state index in [2.05, 4.69) is 35.3 Å². The number of benzene rings is 1. The first-order chi connectivity index (χ1) is 8.83. The summed E-state index contributed by atoms with van der Waals surface area (Å²) < 4.78 is 0. The number of rotatable bonds is 4. The molecule has 0 aromatic heterocycles. The molecule has 1 heterocycles. The van der Waals surface area contributed by atoms with Crippen LogP contribution in [0.2, 0.25) is 0 Å². The number of piperidine rings is 1. The first-order valence-corrected chi connectivity index (χ1v) is 6.79. The Labute approximate surface area is 109 Å². The van der Waals surface area contributed by atoms with Gasteiger partial charge in [-0.3, -0.25) is 0 Å². The van der Waals surface area contributed by atoms with Gasteiger partial charge in [-0.2, -0.15) is 5.26 Å². The van der Waals surface area contributed by atoms with Crippen molar-refractivity contribution in [1.82, 2.24) is 5.32 Å². The molecule has 0 saturated carbocycles. The van der Waals surface area contributed by atoms with Crippen molar-refractivity contribution in [2.75, 3.05) is 31.1 Å². The van der Waals surface area contributed by atoms with Crippen LogP contribution in [0.3, 0.4) is 0 Å². The molecule has 0 aliphatic carbocycles. The molecule has 2 rings (SSSR count). The fraction of sp³-hybridized carbons (Fsp3) is 0.533. The van der Waals surface area contributed by atoms with Crippen molar-refractivity contribution in [2.24, 2.45) is 5.92 Å². The Bertz CT molecular complexity index is 399. The number of hydrogen-bond donors (Lipinski definition) is 1. The molecule has 0 bridgehead atoms. The lowest BCUT2D eigenvalue weighted by atomic mass is 9.97. The molecule has 0 unspecified atom stereocenters. The lowest BCUT2D eigenvalue weighted by Crippen LogP contribution is -2.36. The molecule has 0 spiro atoms. The van der Waals surface area contributed by atoms with Crippen LogP contribution in [0.1, 0.15) is 25.3 Å². The van der Waals surface area contributed by atoms with Crippen molar-refractivity contribution in [2.45, 2.75) is 19.8 Å². The topological polar surface area (TPSA) is 39.1 Å². The van der Waals surface area contributed by atoms with Crippen LogP contribution in [0.4, 0.5) is 5.69 Å². The van der Waals surface area contributed by atoms with Gasteiger partial charge in [0, 0.05) is 18.8 Å². The van der Waals surface area contributed by atoms with E-state index >= 15 is 0 Å². The molecule has 3 heteroatoms. The van der Waals surface area contributed by atoms with Crippen molar-refractivity contribution in [1.29, 1.82) is 5.26 Å². The van der Waals surface area contributed by atoms with E-state index in [9.17, 15) is 0 Å². The molecule has 96 valence electrons. The van der Waals surface area contributed by atoms with Crippen LogP contribution in [-0.2, 0) is 0 Å². The van der Waals surface area contributed by atoms with Crippen LogP contribution < -0.4 is 10.2 Å². The Morgan fingerprint density at radius 2 is 1.94 bits per heavy atom. The summed E-state index contributed by atoms with van der Waals surface area (Å²) in [6.07, 6.45) is 2.54. The molecule has 1 fully saturated rings. The van der Waals surface area contributed by atoms with Crippen LogP contribution in [0.5, 0.6) is 0 Å². The van der Waals surface area contributed by atoms with Crippen molar-refractivity contribution in [3.63, 3.8) is 0 Å². The minimum atomic E-state index is 0.733. The Morgan fingerprint density at radius 1 is 1.28 bits per heavy atom.